The Labute approximate surface area is 138 Å². The quantitative estimate of drug-likeness (QED) is 0.849. The summed E-state index contributed by atoms with van der Waals surface area (Å²) in [7, 11) is 1.55. The molecular weight excluding hydrogens is 310 g/mol. The monoisotopic (exact) mass is 325 g/mol. The Balaban J connectivity index is 1.71. The van der Waals surface area contributed by atoms with Crippen LogP contribution in [0.5, 0.6) is 17.2 Å². The Morgan fingerprint density at radius 1 is 1.12 bits per heavy atom. The van der Waals surface area contributed by atoms with Gasteiger partial charge in [0.25, 0.3) is 5.91 Å². The van der Waals surface area contributed by atoms with Crippen molar-refractivity contribution in [2.45, 2.75) is 6.42 Å². The van der Waals surface area contributed by atoms with Crippen molar-refractivity contribution in [3.05, 3.63) is 47.5 Å². The predicted molar refractivity (Wildman–Crippen MR) is 86.2 cm³/mol. The van der Waals surface area contributed by atoms with E-state index in [4.69, 9.17) is 14.2 Å². The topological polar surface area (TPSA) is 65.1 Å². The van der Waals surface area contributed by atoms with Crippen LogP contribution in [0.15, 0.2) is 36.4 Å². The zero-order valence-electron chi connectivity index (χ0n) is 13.1. The Morgan fingerprint density at radius 2 is 1.96 bits per heavy atom. The molecule has 0 bridgehead atoms. The molecule has 122 valence electrons. The maximum Gasteiger partial charge on any atom is 0.258 e. The molecule has 6 nitrogen and oxygen atoms in total. The van der Waals surface area contributed by atoms with Crippen molar-refractivity contribution < 1.29 is 23.8 Å². The van der Waals surface area contributed by atoms with Crippen molar-refractivity contribution in [1.29, 1.82) is 0 Å². The molecule has 6 heteroatoms. The second-order valence-corrected chi connectivity index (χ2v) is 5.58. The molecule has 2 aromatic rings. The highest BCUT2D eigenvalue weighted by Crippen LogP contribution is 2.35. The number of Topliss-reactive ketones (excluding diaryl/α,β-unsaturated/α-hetero) is 1. The van der Waals surface area contributed by atoms with Gasteiger partial charge < -0.3 is 19.1 Å². The first-order valence-corrected chi connectivity index (χ1v) is 7.60. The summed E-state index contributed by atoms with van der Waals surface area (Å²) < 4.78 is 15.8. The van der Waals surface area contributed by atoms with Gasteiger partial charge in [0.05, 0.1) is 12.8 Å². The van der Waals surface area contributed by atoms with E-state index in [0.717, 1.165) is 0 Å². The molecule has 4 rings (SSSR count). The molecule has 0 N–H and O–H groups in total. The van der Waals surface area contributed by atoms with Gasteiger partial charge in [-0.25, -0.2) is 0 Å². The molecule has 0 radical (unpaired) electrons. The number of benzene rings is 2. The minimum atomic E-state index is -0.174. The maximum atomic E-state index is 12.9. The Bertz CT molecular complexity index is 845. The molecule has 24 heavy (non-hydrogen) atoms. The molecule has 1 amide bonds. The number of rotatable bonds is 2. The van der Waals surface area contributed by atoms with Gasteiger partial charge in [0.1, 0.15) is 5.75 Å². The first-order chi connectivity index (χ1) is 11.7. The third-order valence-electron chi connectivity index (χ3n) is 4.22. The van der Waals surface area contributed by atoms with Gasteiger partial charge in [-0.05, 0) is 36.4 Å². The minimum absolute atomic E-state index is 0.0126. The van der Waals surface area contributed by atoms with E-state index in [1.807, 2.05) is 0 Å². The SMILES string of the molecule is COc1ccc2c(c1)C(=O)CCN2C(=O)c1ccc2c(c1)OCO2. The number of hydrogen-bond donors (Lipinski definition) is 0. The van der Waals surface area contributed by atoms with Crippen LogP contribution in [0.1, 0.15) is 27.1 Å². The van der Waals surface area contributed by atoms with E-state index < -0.39 is 0 Å². The van der Waals surface area contributed by atoms with Crippen molar-refractivity contribution in [3.63, 3.8) is 0 Å². The van der Waals surface area contributed by atoms with E-state index in [1.165, 1.54) is 0 Å². The fourth-order valence-corrected chi connectivity index (χ4v) is 2.97. The highest BCUT2D eigenvalue weighted by molar-refractivity contribution is 6.13. The van der Waals surface area contributed by atoms with Gasteiger partial charge in [0.15, 0.2) is 17.3 Å². The van der Waals surface area contributed by atoms with Gasteiger partial charge in [0, 0.05) is 24.1 Å². The number of fused-ring (bicyclic) bond motifs is 2. The van der Waals surface area contributed by atoms with Crippen molar-refractivity contribution in [3.8, 4) is 17.2 Å². The number of carbonyl (C=O) groups excluding carboxylic acids is 2. The second-order valence-electron chi connectivity index (χ2n) is 5.58. The molecule has 0 spiro atoms. The molecule has 2 heterocycles. The normalized spacial score (nSPS) is 15.2. The van der Waals surface area contributed by atoms with Gasteiger partial charge in [0.2, 0.25) is 6.79 Å². The summed E-state index contributed by atoms with van der Waals surface area (Å²) in [5, 5.41) is 0. The zero-order valence-corrected chi connectivity index (χ0v) is 13.1. The van der Waals surface area contributed by atoms with Crippen LogP contribution in [0.25, 0.3) is 0 Å². The van der Waals surface area contributed by atoms with E-state index in [-0.39, 0.29) is 24.9 Å². The Kier molecular flexibility index (Phi) is 3.37. The van der Waals surface area contributed by atoms with Crippen LogP contribution in [0.4, 0.5) is 5.69 Å². The highest BCUT2D eigenvalue weighted by Gasteiger charge is 2.29. The van der Waals surface area contributed by atoms with Gasteiger partial charge in [-0.3, -0.25) is 9.59 Å². The summed E-state index contributed by atoms with van der Waals surface area (Å²) in [6.45, 7) is 0.513. The first-order valence-electron chi connectivity index (χ1n) is 7.60. The number of nitrogens with zero attached hydrogens (tertiary/aromatic N) is 1. The maximum absolute atomic E-state index is 12.9. The standard InChI is InChI=1S/C18H15NO5/c1-22-12-3-4-14-13(9-12)15(20)6-7-19(14)18(21)11-2-5-16-17(8-11)24-10-23-16/h2-5,8-9H,6-7,10H2,1H3. The van der Waals surface area contributed by atoms with E-state index in [1.54, 1.807) is 48.4 Å². The van der Waals surface area contributed by atoms with E-state index in [9.17, 15) is 9.59 Å². The zero-order chi connectivity index (χ0) is 16.7. The number of ether oxygens (including phenoxy) is 3. The van der Waals surface area contributed by atoms with E-state index >= 15 is 0 Å². The van der Waals surface area contributed by atoms with Gasteiger partial charge in [-0.2, -0.15) is 0 Å². The number of carbonyl (C=O) groups is 2. The van der Waals surface area contributed by atoms with Crippen LogP contribution in [-0.4, -0.2) is 32.1 Å². The molecule has 2 aliphatic heterocycles. The number of methoxy groups -OCH3 is 1. The number of hydrogen-bond acceptors (Lipinski definition) is 5. The second kappa shape index (κ2) is 5.56. The average Bonchev–Trinajstić information content (AvgIpc) is 3.09. The van der Waals surface area contributed by atoms with Crippen LogP contribution in [0.3, 0.4) is 0 Å². The largest absolute Gasteiger partial charge is 0.497 e. The van der Waals surface area contributed by atoms with Crippen molar-refractivity contribution in [2.75, 3.05) is 25.3 Å². The van der Waals surface area contributed by atoms with Crippen LogP contribution in [0, 0.1) is 0 Å². The predicted octanol–water partition coefficient (Wildman–Crippen LogP) is 2.66. The molecule has 0 saturated heterocycles. The lowest BCUT2D eigenvalue weighted by molar-refractivity contribution is 0.0954. The average molecular weight is 325 g/mol. The summed E-state index contributed by atoms with van der Waals surface area (Å²) >= 11 is 0. The molecule has 2 aromatic carbocycles. The third-order valence-corrected chi connectivity index (χ3v) is 4.22. The van der Waals surface area contributed by atoms with Crippen molar-refractivity contribution in [1.82, 2.24) is 0 Å². The fraction of sp³-hybridized carbons (Fsp3) is 0.222. The van der Waals surface area contributed by atoms with Crippen molar-refractivity contribution >= 4 is 17.4 Å². The van der Waals surface area contributed by atoms with E-state index in [0.29, 0.717) is 40.6 Å². The smallest absolute Gasteiger partial charge is 0.258 e. The molecule has 0 aromatic heterocycles. The van der Waals surface area contributed by atoms with E-state index in [2.05, 4.69) is 0 Å². The Morgan fingerprint density at radius 3 is 2.79 bits per heavy atom. The highest BCUT2D eigenvalue weighted by atomic mass is 16.7. The lowest BCUT2D eigenvalue weighted by Gasteiger charge is -2.29. The van der Waals surface area contributed by atoms with Crippen LogP contribution in [0.2, 0.25) is 0 Å². The Hall–Kier alpha value is -3.02. The first kappa shape index (κ1) is 14.6. The number of ketones is 1. The summed E-state index contributed by atoms with van der Waals surface area (Å²) in [4.78, 5) is 26.7. The molecule has 0 fully saturated rings. The van der Waals surface area contributed by atoms with Gasteiger partial charge in [-0.1, -0.05) is 0 Å². The molecule has 0 aliphatic carbocycles. The molecule has 0 unspecified atom stereocenters. The third kappa shape index (κ3) is 2.27. The lowest BCUT2D eigenvalue weighted by atomic mass is 9.99. The fourth-order valence-electron chi connectivity index (χ4n) is 2.97. The van der Waals surface area contributed by atoms with Gasteiger partial charge >= 0.3 is 0 Å². The molecule has 2 aliphatic rings. The molecule has 0 atom stereocenters. The minimum Gasteiger partial charge on any atom is -0.497 e. The summed E-state index contributed by atoms with van der Waals surface area (Å²) in [6, 6.07) is 10.3. The number of amides is 1. The molecular formula is C18H15NO5. The lowest BCUT2D eigenvalue weighted by Crippen LogP contribution is -2.37. The van der Waals surface area contributed by atoms with Crippen LogP contribution in [-0.2, 0) is 0 Å². The van der Waals surface area contributed by atoms with Crippen molar-refractivity contribution in [2.24, 2.45) is 0 Å². The summed E-state index contributed by atoms with van der Waals surface area (Å²) in [5.74, 6) is 1.62. The van der Waals surface area contributed by atoms with Crippen LogP contribution < -0.4 is 19.1 Å². The van der Waals surface area contributed by atoms with Gasteiger partial charge in [-0.15, -0.1) is 0 Å². The van der Waals surface area contributed by atoms with Crippen LogP contribution >= 0.6 is 0 Å². The summed E-state index contributed by atoms with van der Waals surface area (Å²) in [6.07, 6.45) is 0.288. The summed E-state index contributed by atoms with van der Waals surface area (Å²) in [5.41, 5.74) is 1.61. The molecule has 0 saturated carbocycles. The number of anilines is 1.